The van der Waals surface area contributed by atoms with E-state index in [1.807, 2.05) is 0 Å². The van der Waals surface area contributed by atoms with Gasteiger partial charge in [-0.1, -0.05) is 0 Å². The van der Waals surface area contributed by atoms with Crippen LogP contribution in [0.1, 0.15) is 19.8 Å². The lowest BCUT2D eigenvalue weighted by atomic mass is 9.65. The normalized spacial score (nSPS) is 46.6. The minimum atomic E-state index is -4.18. The average molecular weight is 359 g/mol. The molecule has 3 rings (SSSR count). The van der Waals surface area contributed by atoms with E-state index in [4.69, 9.17) is 23.0 Å². The van der Waals surface area contributed by atoms with Crippen LogP contribution < -0.4 is 5.14 Å². The number of rotatable bonds is 4. The Kier molecular flexibility index (Phi) is 3.63. The Morgan fingerprint density at radius 2 is 2.09 bits per heavy atom. The van der Waals surface area contributed by atoms with Crippen LogP contribution in [0.15, 0.2) is 0 Å². The molecule has 0 bridgehead atoms. The van der Waals surface area contributed by atoms with Gasteiger partial charge in [-0.05, 0) is 19.8 Å². The van der Waals surface area contributed by atoms with Gasteiger partial charge in [0, 0.05) is 7.11 Å². The molecule has 1 saturated carbocycles. The molecule has 12 heteroatoms. The molecule has 2 heterocycles. The van der Waals surface area contributed by atoms with Crippen LogP contribution in [0, 0.1) is 0 Å². The molecule has 3 aliphatic rings. The molecule has 0 amide bonds. The third-order valence-corrected chi connectivity index (χ3v) is 5.96. The van der Waals surface area contributed by atoms with Gasteiger partial charge in [0.15, 0.2) is 5.60 Å². The molecule has 1 unspecified atom stereocenters. The summed E-state index contributed by atoms with van der Waals surface area (Å²) in [6, 6.07) is 0. The summed E-state index contributed by atoms with van der Waals surface area (Å²) < 4.78 is 71.2. The van der Waals surface area contributed by atoms with Gasteiger partial charge in [0.25, 0.3) is 0 Å². The molecule has 0 radical (unpaired) electrons. The van der Waals surface area contributed by atoms with Gasteiger partial charge in [0.1, 0.15) is 17.8 Å². The molecule has 0 aromatic carbocycles. The first-order valence-electron chi connectivity index (χ1n) is 6.56. The second-order valence-electron chi connectivity index (χ2n) is 5.65. The van der Waals surface area contributed by atoms with Gasteiger partial charge in [-0.15, -0.1) is 0 Å². The van der Waals surface area contributed by atoms with Gasteiger partial charge in [-0.3, -0.25) is 4.18 Å². The van der Waals surface area contributed by atoms with E-state index < -0.39 is 56.8 Å². The first-order chi connectivity index (χ1) is 10.0. The maximum absolute atomic E-state index is 11.7. The lowest BCUT2D eigenvalue weighted by Gasteiger charge is -2.60. The third kappa shape index (κ3) is 2.29. The Morgan fingerprint density at radius 1 is 1.41 bits per heavy atom. The number of ether oxygens (including phenoxy) is 2. The van der Waals surface area contributed by atoms with Gasteiger partial charge in [0.05, 0.1) is 12.7 Å². The van der Waals surface area contributed by atoms with Crippen LogP contribution in [-0.4, -0.2) is 60.1 Å². The topological polar surface area (TPSA) is 140 Å². The molecular formula is C10H17NO9S2. The summed E-state index contributed by atoms with van der Waals surface area (Å²) >= 11 is 0. The smallest absolute Gasteiger partial charge is 0.373 e. The molecule has 2 N–H and O–H groups in total. The predicted octanol–water partition coefficient (Wildman–Crippen LogP) is -1.43. The fourth-order valence-corrected chi connectivity index (χ4v) is 5.10. The number of hydrogen-bond donors (Lipinski definition) is 1. The first-order valence-corrected chi connectivity index (χ1v) is 9.37. The summed E-state index contributed by atoms with van der Waals surface area (Å²) in [7, 11) is -6.94. The molecule has 0 aromatic heterocycles. The molecule has 1 aliphatic carbocycles. The fourth-order valence-electron chi connectivity index (χ4n) is 3.48. The molecule has 22 heavy (non-hydrogen) atoms. The molecule has 128 valence electrons. The maximum Gasteiger partial charge on any atom is 0.401 e. The van der Waals surface area contributed by atoms with Crippen molar-refractivity contribution in [3.05, 3.63) is 0 Å². The maximum atomic E-state index is 11.7. The SMILES string of the molecule is CO[C@]1(COS(N)(=O)=O)CC[C@H]2OS(=O)(=O)O[C@]23C(C)O[C@@H]13. The molecule has 3 fully saturated rings. The highest BCUT2D eigenvalue weighted by atomic mass is 32.3. The summed E-state index contributed by atoms with van der Waals surface area (Å²) in [6.45, 7) is 1.25. The number of hydrogen-bond acceptors (Lipinski definition) is 9. The Labute approximate surface area is 128 Å². The summed E-state index contributed by atoms with van der Waals surface area (Å²) in [5.74, 6) is 0. The third-order valence-electron chi connectivity index (χ3n) is 4.55. The van der Waals surface area contributed by atoms with Crippen molar-refractivity contribution in [3.63, 3.8) is 0 Å². The lowest BCUT2D eigenvalue weighted by molar-refractivity contribution is -0.352. The lowest BCUT2D eigenvalue weighted by Crippen LogP contribution is -2.79. The Bertz CT molecular complexity index is 677. The van der Waals surface area contributed by atoms with Gasteiger partial charge in [-0.25, -0.2) is 13.5 Å². The minimum absolute atomic E-state index is 0.266. The van der Waals surface area contributed by atoms with E-state index in [0.29, 0.717) is 0 Å². The zero-order valence-electron chi connectivity index (χ0n) is 11.9. The van der Waals surface area contributed by atoms with Gasteiger partial charge >= 0.3 is 20.7 Å². The molecule has 10 nitrogen and oxygen atoms in total. The van der Waals surface area contributed by atoms with E-state index in [1.165, 1.54) is 7.11 Å². The van der Waals surface area contributed by atoms with Gasteiger partial charge in [0.2, 0.25) is 0 Å². The Hall–Kier alpha value is -0.340. The highest BCUT2D eigenvalue weighted by Crippen LogP contribution is 2.56. The van der Waals surface area contributed by atoms with Crippen LogP contribution in [-0.2, 0) is 42.7 Å². The molecule has 2 saturated heterocycles. The van der Waals surface area contributed by atoms with Crippen molar-refractivity contribution >= 4 is 20.7 Å². The van der Waals surface area contributed by atoms with E-state index in [0.717, 1.165) is 0 Å². The van der Waals surface area contributed by atoms with E-state index in [2.05, 4.69) is 4.18 Å². The van der Waals surface area contributed by atoms with Crippen molar-refractivity contribution < 1.29 is 38.9 Å². The quantitative estimate of drug-likeness (QED) is 0.639. The van der Waals surface area contributed by atoms with Gasteiger partial charge < -0.3 is 9.47 Å². The highest BCUT2D eigenvalue weighted by Gasteiger charge is 2.76. The molecular weight excluding hydrogens is 342 g/mol. The van der Waals surface area contributed by atoms with Crippen molar-refractivity contribution in [2.75, 3.05) is 13.7 Å². The van der Waals surface area contributed by atoms with Crippen molar-refractivity contribution in [1.82, 2.24) is 0 Å². The predicted molar refractivity (Wildman–Crippen MR) is 70.0 cm³/mol. The molecule has 5 atom stereocenters. The van der Waals surface area contributed by atoms with Crippen molar-refractivity contribution in [2.45, 2.75) is 49.3 Å². The number of methoxy groups -OCH3 is 1. The van der Waals surface area contributed by atoms with E-state index in [1.54, 1.807) is 6.92 Å². The Balaban J connectivity index is 1.93. The van der Waals surface area contributed by atoms with Crippen LogP contribution >= 0.6 is 0 Å². The standard InChI is InChI=1S/C10H17NO9S2/c1-6-10-7(19-22(14,15)20-10)3-4-9(16-2,8(10)18-6)5-17-21(11,12)13/h6-8H,3-5H2,1-2H3,(H2,11,12,13)/t6?,7-,8+,9+,10-/m1/s1. The van der Waals surface area contributed by atoms with Crippen LogP contribution in [0.5, 0.6) is 0 Å². The second-order valence-corrected chi connectivity index (χ2v) is 8.05. The summed E-state index contributed by atoms with van der Waals surface area (Å²) in [4.78, 5) is 0. The minimum Gasteiger partial charge on any atom is -0.373 e. The van der Waals surface area contributed by atoms with Crippen LogP contribution in [0.25, 0.3) is 0 Å². The van der Waals surface area contributed by atoms with Crippen molar-refractivity contribution in [2.24, 2.45) is 5.14 Å². The monoisotopic (exact) mass is 359 g/mol. The first kappa shape index (κ1) is 16.5. The summed E-state index contributed by atoms with van der Waals surface area (Å²) in [5.41, 5.74) is -2.44. The summed E-state index contributed by atoms with van der Waals surface area (Å²) in [6.07, 6.45) is -1.56. The van der Waals surface area contributed by atoms with Crippen LogP contribution in [0.4, 0.5) is 0 Å². The van der Waals surface area contributed by atoms with Crippen LogP contribution in [0.2, 0.25) is 0 Å². The average Bonchev–Trinajstić information content (AvgIpc) is 2.71. The van der Waals surface area contributed by atoms with E-state index >= 15 is 0 Å². The molecule has 1 spiro atoms. The van der Waals surface area contributed by atoms with Crippen molar-refractivity contribution in [3.8, 4) is 0 Å². The largest absolute Gasteiger partial charge is 0.401 e. The van der Waals surface area contributed by atoms with E-state index in [9.17, 15) is 16.8 Å². The number of nitrogens with two attached hydrogens (primary N) is 1. The van der Waals surface area contributed by atoms with E-state index in [-0.39, 0.29) is 12.8 Å². The molecule has 0 aromatic rings. The fraction of sp³-hybridized carbons (Fsp3) is 1.00. The highest BCUT2D eigenvalue weighted by molar-refractivity contribution is 7.84. The second kappa shape index (κ2) is 4.83. The zero-order valence-corrected chi connectivity index (χ0v) is 13.6. The molecule has 2 aliphatic heterocycles. The van der Waals surface area contributed by atoms with Crippen LogP contribution in [0.3, 0.4) is 0 Å². The summed E-state index contributed by atoms with van der Waals surface area (Å²) in [5, 5.41) is 4.84. The zero-order chi connectivity index (χ0) is 16.4. The van der Waals surface area contributed by atoms with Gasteiger partial charge in [-0.2, -0.15) is 16.8 Å². The Morgan fingerprint density at radius 3 is 2.64 bits per heavy atom. The van der Waals surface area contributed by atoms with Crippen molar-refractivity contribution in [1.29, 1.82) is 0 Å².